The van der Waals surface area contributed by atoms with Gasteiger partial charge in [-0.05, 0) is 18.2 Å². The van der Waals surface area contributed by atoms with Crippen molar-refractivity contribution in [3.63, 3.8) is 0 Å². The molecule has 0 aromatic heterocycles. The summed E-state index contributed by atoms with van der Waals surface area (Å²) in [6.07, 6.45) is 0.136. The molecule has 6 nitrogen and oxygen atoms in total. The second kappa shape index (κ2) is 6.48. The van der Waals surface area contributed by atoms with Gasteiger partial charge in [0.25, 0.3) is 0 Å². The zero-order chi connectivity index (χ0) is 13.5. The van der Waals surface area contributed by atoms with Crippen LogP contribution in [0.5, 0.6) is 11.5 Å². The van der Waals surface area contributed by atoms with Crippen LogP contribution in [0.3, 0.4) is 0 Å². The van der Waals surface area contributed by atoms with E-state index in [2.05, 4.69) is 4.74 Å². The SMILES string of the molecule is COC(=O)CCOc1ccc(C(N)=O)cc1OC. The molecule has 0 radical (unpaired) electrons. The number of carbonyl (C=O) groups is 2. The van der Waals surface area contributed by atoms with Crippen molar-refractivity contribution in [2.24, 2.45) is 5.73 Å². The number of primary amides is 1. The number of methoxy groups -OCH3 is 2. The Kier molecular flexibility index (Phi) is 4.98. The Labute approximate surface area is 105 Å². The second-order valence-electron chi connectivity index (χ2n) is 3.40. The lowest BCUT2D eigenvalue weighted by Gasteiger charge is -2.10. The Morgan fingerprint density at radius 1 is 1.22 bits per heavy atom. The Morgan fingerprint density at radius 2 is 1.94 bits per heavy atom. The molecule has 0 saturated carbocycles. The zero-order valence-electron chi connectivity index (χ0n) is 10.3. The van der Waals surface area contributed by atoms with Crippen LogP contribution in [0.4, 0.5) is 0 Å². The van der Waals surface area contributed by atoms with Crippen LogP contribution in [0.2, 0.25) is 0 Å². The number of esters is 1. The summed E-state index contributed by atoms with van der Waals surface area (Å²) in [5.41, 5.74) is 5.47. The van der Waals surface area contributed by atoms with Gasteiger partial charge in [0, 0.05) is 5.56 Å². The smallest absolute Gasteiger partial charge is 0.308 e. The molecule has 0 atom stereocenters. The molecule has 0 aliphatic rings. The quantitative estimate of drug-likeness (QED) is 0.755. The summed E-state index contributed by atoms with van der Waals surface area (Å²) in [6.45, 7) is 0.166. The van der Waals surface area contributed by atoms with Crippen LogP contribution in [-0.2, 0) is 9.53 Å². The molecule has 18 heavy (non-hydrogen) atoms. The van der Waals surface area contributed by atoms with Gasteiger partial charge in [-0.25, -0.2) is 0 Å². The number of rotatable bonds is 6. The van der Waals surface area contributed by atoms with Gasteiger partial charge in [0.1, 0.15) is 0 Å². The third kappa shape index (κ3) is 3.65. The summed E-state index contributed by atoms with van der Waals surface area (Å²) in [4.78, 5) is 21.9. The van der Waals surface area contributed by atoms with Gasteiger partial charge in [-0.2, -0.15) is 0 Å². The Hall–Kier alpha value is -2.24. The van der Waals surface area contributed by atoms with Crippen molar-refractivity contribution < 1.29 is 23.8 Å². The molecule has 6 heteroatoms. The first-order valence-corrected chi connectivity index (χ1v) is 5.26. The molecule has 0 fully saturated rings. The normalized spacial score (nSPS) is 9.67. The first-order valence-electron chi connectivity index (χ1n) is 5.26. The molecule has 1 aromatic carbocycles. The highest BCUT2D eigenvalue weighted by atomic mass is 16.5. The summed E-state index contributed by atoms with van der Waals surface area (Å²) in [7, 11) is 2.76. The van der Waals surface area contributed by atoms with Crippen LogP contribution in [0, 0.1) is 0 Å². The number of hydrogen-bond acceptors (Lipinski definition) is 5. The summed E-state index contributed by atoms with van der Waals surface area (Å²) >= 11 is 0. The van der Waals surface area contributed by atoms with Crippen molar-refractivity contribution in [3.05, 3.63) is 23.8 Å². The average molecular weight is 253 g/mol. The highest BCUT2D eigenvalue weighted by Crippen LogP contribution is 2.27. The Balaban J connectivity index is 2.71. The van der Waals surface area contributed by atoms with Gasteiger partial charge < -0.3 is 19.9 Å². The molecule has 1 amide bonds. The van der Waals surface area contributed by atoms with E-state index in [1.807, 2.05) is 0 Å². The molecule has 98 valence electrons. The third-order valence-electron chi connectivity index (χ3n) is 2.24. The molecule has 0 unspecified atom stereocenters. The van der Waals surface area contributed by atoms with Gasteiger partial charge >= 0.3 is 5.97 Å². The second-order valence-corrected chi connectivity index (χ2v) is 3.40. The van der Waals surface area contributed by atoms with E-state index in [1.165, 1.54) is 26.4 Å². The maximum absolute atomic E-state index is 11.0. The zero-order valence-corrected chi connectivity index (χ0v) is 10.3. The van der Waals surface area contributed by atoms with E-state index in [1.54, 1.807) is 6.07 Å². The van der Waals surface area contributed by atoms with Crippen molar-refractivity contribution >= 4 is 11.9 Å². The van der Waals surface area contributed by atoms with Crippen molar-refractivity contribution in [2.45, 2.75) is 6.42 Å². The van der Waals surface area contributed by atoms with Gasteiger partial charge in [-0.1, -0.05) is 0 Å². The van der Waals surface area contributed by atoms with Crippen molar-refractivity contribution in [2.75, 3.05) is 20.8 Å². The van der Waals surface area contributed by atoms with Crippen molar-refractivity contribution in [3.8, 4) is 11.5 Å². The maximum Gasteiger partial charge on any atom is 0.308 e. The number of amides is 1. The lowest BCUT2D eigenvalue weighted by molar-refractivity contribution is -0.141. The molecular formula is C12H15NO5. The Bertz CT molecular complexity index is 444. The van der Waals surface area contributed by atoms with Crippen LogP contribution in [0.25, 0.3) is 0 Å². The summed E-state index contributed by atoms with van der Waals surface area (Å²) < 4.78 is 14.9. The minimum absolute atomic E-state index is 0.136. The largest absolute Gasteiger partial charge is 0.493 e. The highest BCUT2D eigenvalue weighted by molar-refractivity contribution is 5.93. The molecule has 0 bridgehead atoms. The first-order chi connectivity index (χ1) is 8.58. The Morgan fingerprint density at radius 3 is 2.50 bits per heavy atom. The van der Waals surface area contributed by atoms with E-state index in [-0.39, 0.29) is 19.0 Å². The molecule has 0 saturated heterocycles. The van der Waals surface area contributed by atoms with Gasteiger partial charge in [0.05, 0.1) is 27.2 Å². The lowest BCUT2D eigenvalue weighted by Crippen LogP contribution is -2.11. The average Bonchev–Trinajstić information content (AvgIpc) is 2.38. The van der Waals surface area contributed by atoms with E-state index < -0.39 is 5.91 Å². The predicted molar refractivity (Wildman–Crippen MR) is 63.6 cm³/mol. The van der Waals surface area contributed by atoms with Gasteiger partial charge in [0.15, 0.2) is 11.5 Å². The summed E-state index contributed by atoms with van der Waals surface area (Å²) in [5, 5.41) is 0. The van der Waals surface area contributed by atoms with Crippen LogP contribution in [-0.4, -0.2) is 32.7 Å². The van der Waals surface area contributed by atoms with E-state index in [9.17, 15) is 9.59 Å². The van der Waals surface area contributed by atoms with E-state index in [0.717, 1.165) is 0 Å². The number of hydrogen-bond donors (Lipinski definition) is 1. The monoisotopic (exact) mass is 253 g/mol. The fourth-order valence-corrected chi connectivity index (χ4v) is 1.29. The maximum atomic E-state index is 11.0. The molecule has 0 spiro atoms. The van der Waals surface area contributed by atoms with E-state index in [0.29, 0.717) is 17.1 Å². The highest BCUT2D eigenvalue weighted by Gasteiger charge is 2.09. The van der Waals surface area contributed by atoms with Crippen LogP contribution in [0.15, 0.2) is 18.2 Å². The first kappa shape index (κ1) is 13.8. The predicted octanol–water partition coefficient (Wildman–Crippen LogP) is 0.736. The fraction of sp³-hybridized carbons (Fsp3) is 0.333. The molecule has 0 aliphatic carbocycles. The van der Waals surface area contributed by atoms with Gasteiger partial charge in [-0.3, -0.25) is 9.59 Å². The summed E-state index contributed by atoms with van der Waals surface area (Å²) in [6, 6.07) is 4.57. The van der Waals surface area contributed by atoms with Crippen LogP contribution < -0.4 is 15.2 Å². The molecular weight excluding hydrogens is 238 g/mol. The molecule has 0 heterocycles. The van der Waals surface area contributed by atoms with Crippen molar-refractivity contribution in [1.82, 2.24) is 0 Å². The van der Waals surface area contributed by atoms with Crippen LogP contribution in [0.1, 0.15) is 16.8 Å². The topological polar surface area (TPSA) is 87.9 Å². The van der Waals surface area contributed by atoms with E-state index in [4.69, 9.17) is 15.2 Å². The molecule has 1 rings (SSSR count). The standard InChI is InChI=1S/C12H15NO5/c1-16-10-7-8(12(13)15)3-4-9(10)18-6-5-11(14)17-2/h3-4,7H,5-6H2,1-2H3,(H2,13,15). The number of ether oxygens (including phenoxy) is 3. The van der Waals surface area contributed by atoms with Gasteiger partial charge in [0.2, 0.25) is 5.91 Å². The van der Waals surface area contributed by atoms with Crippen molar-refractivity contribution in [1.29, 1.82) is 0 Å². The number of benzene rings is 1. The summed E-state index contributed by atoms with van der Waals surface area (Å²) in [5.74, 6) is -0.0836. The van der Waals surface area contributed by atoms with Crippen LogP contribution >= 0.6 is 0 Å². The van der Waals surface area contributed by atoms with Gasteiger partial charge in [-0.15, -0.1) is 0 Å². The molecule has 0 aliphatic heterocycles. The number of carbonyl (C=O) groups excluding carboxylic acids is 2. The molecule has 2 N–H and O–H groups in total. The fourth-order valence-electron chi connectivity index (χ4n) is 1.29. The lowest BCUT2D eigenvalue weighted by atomic mass is 10.2. The minimum Gasteiger partial charge on any atom is -0.493 e. The third-order valence-corrected chi connectivity index (χ3v) is 2.24. The number of nitrogens with two attached hydrogens (primary N) is 1. The minimum atomic E-state index is -0.547. The molecule has 1 aromatic rings. The van der Waals surface area contributed by atoms with E-state index >= 15 is 0 Å².